The van der Waals surface area contributed by atoms with Gasteiger partial charge in [-0.1, -0.05) is 0 Å². The fourth-order valence-electron chi connectivity index (χ4n) is 0.467. The highest BCUT2D eigenvalue weighted by atomic mass is 32.2. The smallest absolute Gasteiger partial charge is 0.269 e. The molecule has 1 rings (SSSR count). The van der Waals surface area contributed by atoms with Gasteiger partial charge >= 0.3 is 10.3 Å². The van der Waals surface area contributed by atoms with Crippen LogP contribution in [0.25, 0.3) is 0 Å². The minimum atomic E-state index is -4.25. The van der Waals surface area contributed by atoms with E-state index in [0.717, 1.165) is 0 Å². The van der Waals surface area contributed by atoms with Crippen LogP contribution in [-0.4, -0.2) is 22.9 Å². The molecule has 60 valence electrons. The Hall–Kier alpha value is -1.21. The molecule has 0 aliphatic carbocycles. The molecule has 0 amide bonds. The molecule has 0 saturated heterocycles. The SMILES string of the molecule is O=S(=O)(O)Nc1ncccn1. The molecule has 0 radical (unpaired) electrons. The third kappa shape index (κ3) is 2.92. The summed E-state index contributed by atoms with van der Waals surface area (Å²) in [6.45, 7) is 0. The van der Waals surface area contributed by atoms with Crippen molar-refractivity contribution in [3.8, 4) is 0 Å². The number of nitrogens with one attached hydrogen (secondary N) is 1. The molecule has 7 heteroatoms. The molecule has 0 bridgehead atoms. The van der Waals surface area contributed by atoms with Gasteiger partial charge in [-0.15, -0.1) is 0 Å². The molecule has 6 nitrogen and oxygen atoms in total. The zero-order valence-electron chi connectivity index (χ0n) is 5.30. The zero-order valence-corrected chi connectivity index (χ0v) is 6.11. The summed E-state index contributed by atoms with van der Waals surface area (Å²) in [5.74, 6) is -0.157. The maximum Gasteiger partial charge on any atom is 0.359 e. The van der Waals surface area contributed by atoms with E-state index in [1.54, 1.807) is 4.72 Å². The molecule has 1 aromatic rings. The van der Waals surface area contributed by atoms with E-state index in [1.807, 2.05) is 0 Å². The van der Waals surface area contributed by atoms with Gasteiger partial charge in [-0.25, -0.2) is 14.7 Å². The van der Waals surface area contributed by atoms with Crippen molar-refractivity contribution < 1.29 is 13.0 Å². The van der Waals surface area contributed by atoms with Gasteiger partial charge in [0.2, 0.25) is 5.95 Å². The largest absolute Gasteiger partial charge is 0.359 e. The Morgan fingerprint density at radius 2 is 1.91 bits per heavy atom. The summed E-state index contributed by atoms with van der Waals surface area (Å²) in [6.07, 6.45) is 2.70. The van der Waals surface area contributed by atoms with Crippen molar-refractivity contribution in [2.45, 2.75) is 0 Å². The van der Waals surface area contributed by atoms with Gasteiger partial charge in [-0.3, -0.25) is 4.55 Å². The summed E-state index contributed by atoms with van der Waals surface area (Å²) in [7, 11) is -4.25. The predicted molar refractivity (Wildman–Crippen MR) is 37.2 cm³/mol. The highest BCUT2D eigenvalue weighted by Crippen LogP contribution is 1.95. The lowest BCUT2D eigenvalue weighted by Crippen LogP contribution is -2.12. The second kappa shape index (κ2) is 2.81. The Balaban J connectivity index is 2.82. The van der Waals surface area contributed by atoms with Crippen molar-refractivity contribution in [1.29, 1.82) is 0 Å². The van der Waals surface area contributed by atoms with E-state index in [-0.39, 0.29) is 5.95 Å². The first-order valence-corrected chi connectivity index (χ1v) is 4.04. The lowest BCUT2D eigenvalue weighted by Gasteiger charge is -1.96. The molecule has 11 heavy (non-hydrogen) atoms. The Morgan fingerprint density at radius 1 is 1.36 bits per heavy atom. The van der Waals surface area contributed by atoms with Gasteiger partial charge < -0.3 is 0 Å². The second-order valence-electron chi connectivity index (χ2n) is 1.65. The van der Waals surface area contributed by atoms with Crippen LogP contribution in [0.15, 0.2) is 18.5 Å². The van der Waals surface area contributed by atoms with Crippen LogP contribution in [0.5, 0.6) is 0 Å². The minimum absolute atomic E-state index is 0.157. The molecule has 0 unspecified atom stereocenters. The molecule has 0 aliphatic rings. The predicted octanol–water partition coefficient (Wildman–Crippen LogP) is -0.309. The van der Waals surface area contributed by atoms with Crippen LogP contribution in [0.1, 0.15) is 0 Å². The summed E-state index contributed by atoms with van der Waals surface area (Å²) in [5, 5.41) is 0. The van der Waals surface area contributed by atoms with Gasteiger partial charge in [-0.05, 0) is 6.07 Å². The van der Waals surface area contributed by atoms with E-state index >= 15 is 0 Å². The molecular formula is C4H5N3O3S. The highest BCUT2D eigenvalue weighted by molar-refractivity contribution is 7.87. The van der Waals surface area contributed by atoms with Crippen molar-refractivity contribution in [2.75, 3.05) is 4.72 Å². The first-order valence-electron chi connectivity index (χ1n) is 2.60. The standard InChI is InChI=1S/C4H5N3O3S/c8-11(9,10)7-4-5-2-1-3-6-4/h1-3H,(H,5,6,7)(H,8,9,10). The van der Waals surface area contributed by atoms with Gasteiger partial charge in [0.25, 0.3) is 0 Å². The van der Waals surface area contributed by atoms with Gasteiger partial charge in [0.05, 0.1) is 0 Å². The van der Waals surface area contributed by atoms with E-state index in [0.29, 0.717) is 0 Å². The topological polar surface area (TPSA) is 92.2 Å². The molecule has 0 fully saturated rings. The maximum atomic E-state index is 10.2. The van der Waals surface area contributed by atoms with Crippen LogP contribution >= 0.6 is 0 Å². The maximum absolute atomic E-state index is 10.2. The second-order valence-corrected chi connectivity index (χ2v) is 2.80. The lowest BCUT2D eigenvalue weighted by atomic mass is 10.7. The zero-order chi connectivity index (χ0) is 8.32. The Labute approximate surface area is 63.2 Å². The van der Waals surface area contributed by atoms with Crippen LogP contribution < -0.4 is 4.72 Å². The first-order chi connectivity index (χ1) is 5.08. The lowest BCUT2D eigenvalue weighted by molar-refractivity contribution is 0.489. The van der Waals surface area contributed by atoms with Gasteiger partial charge in [0.15, 0.2) is 0 Å². The van der Waals surface area contributed by atoms with E-state index < -0.39 is 10.3 Å². The Kier molecular flexibility index (Phi) is 2.01. The highest BCUT2D eigenvalue weighted by Gasteiger charge is 2.03. The van der Waals surface area contributed by atoms with Gasteiger partial charge in [-0.2, -0.15) is 8.42 Å². The minimum Gasteiger partial charge on any atom is -0.269 e. The third-order valence-corrected chi connectivity index (χ3v) is 1.23. The molecule has 0 aromatic carbocycles. The number of anilines is 1. The fraction of sp³-hybridized carbons (Fsp3) is 0. The van der Waals surface area contributed by atoms with E-state index in [4.69, 9.17) is 4.55 Å². The van der Waals surface area contributed by atoms with Crippen molar-refractivity contribution in [2.24, 2.45) is 0 Å². The van der Waals surface area contributed by atoms with Crippen LogP contribution in [0.4, 0.5) is 5.95 Å². The summed E-state index contributed by atoms with van der Waals surface area (Å²) in [5.41, 5.74) is 0. The normalized spacial score (nSPS) is 11.0. The molecule has 0 atom stereocenters. The van der Waals surface area contributed by atoms with Crippen molar-refractivity contribution >= 4 is 16.3 Å². The van der Waals surface area contributed by atoms with Gasteiger partial charge in [0.1, 0.15) is 0 Å². The van der Waals surface area contributed by atoms with E-state index in [1.165, 1.54) is 18.5 Å². The van der Waals surface area contributed by atoms with Crippen molar-refractivity contribution in [3.63, 3.8) is 0 Å². The number of hydrogen-bond acceptors (Lipinski definition) is 4. The molecular weight excluding hydrogens is 170 g/mol. The Morgan fingerprint density at radius 3 is 2.36 bits per heavy atom. The van der Waals surface area contributed by atoms with Gasteiger partial charge in [0, 0.05) is 12.4 Å². The summed E-state index contributed by atoms with van der Waals surface area (Å²) < 4.78 is 30.3. The van der Waals surface area contributed by atoms with Crippen molar-refractivity contribution in [1.82, 2.24) is 9.97 Å². The molecule has 0 saturated carbocycles. The molecule has 0 aliphatic heterocycles. The molecule has 2 N–H and O–H groups in total. The summed E-state index contributed by atoms with van der Waals surface area (Å²) in [4.78, 5) is 7.01. The number of rotatable bonds is 2. The fourth-order valence-corrected chi connectivity index (χ4v) is 0.803. The summed E-state index contributed by atoms with van der Waals surface area (Å²) in [6, 6.07) is 1.52. The van der Waals surface area contributed by atoms with Crippen LogP contribution in [0.3, 0.4) is 0 Å². The van der Waals surface area contributed by atoms with E-state index in [2.05, 4.69) is 9.97 Å². The summed E-state index contributed by atoms with van der Waals surface area (Å²) >= 11 is 0. The number of hydrogen-bond donors (Lipinski definition) is 2. The first kappa shape index (κ1) is 7.89. The van der Waals surface area contributed by atoms with Crippen molar-refractivity contribution in [3.05, 3.63) is 18.5 Å². The van der Waals surface area contributed by atoms with Crippen LogP contribution in [0, 0.1) is 0 Å². The average molecular weight is 175 g/mol. The monoisotopic (exact) mass is 175 g/mol. The van der Waals surface area contributed by atoms with E-state index in [9.17, 15) is 8.42 Å². The van der Waals surface area contributed by atoms with Crippen LogP contribution in [0.2, 0.25) is 0 Å². The quantitative estimate of drug-likeness (QED) is 0.601. The number of nitrogens with zero attached hydrogens (tertiary/aromatic N) is 2. The van der Waals surface area contributed by atoms with Crippen LogP contribution in [-0.2, 0) is 10.3 Å². The molecule has 0 spiro atoms. The Bertz CT molecular complexity index is 322. The average Bonchev–Trinajstić information content (AvgIpc) is 1.85. The number of aromatic nitrogens is 2. The molecule has 1 aromatic heterocycles. The third-order valence-electron chi connectivity index (χ3n) is 0.786. The molecule has 1 heterocycles.